The van der Waals surface area contributed by atoms with Crippen molar-refractivity contribution in [2.75, 3.05) is 5.32 Å². The van der Waals surface area contributed by atoms with Crippen molar-refractivity contribution < 1.29 is 18.0 Å². The molecule has 0 radical (unpaired) electrons. The number of pyridine rings is 1. The maximum atomic E-state index is 12.9. The molecule has 0 aliphatic rings. The lowest BCUT2D eigenvalue weighted by atomic mass is 10.1. The second-order valence-electron chi connectivity index (χ2n) is 4.22. The van der Waals surface area contributed by atoms with E-state index in [2.05, 4.69) is 10.3 Å². The Balaban J connectivity index is 2.29. The van der Waals surface area contributed by atoms with Gasteiger partial charge in [-0.05, 0) is 30.3 Å². The largest absolute Gasteiger partial charge is 0.418 e. The van der Waals surface area contributed by atoms with Crippen molar-refractivity contribution in [1.29, 1.82) is 0 Å². The van der Waals surface area contributed by atoms with Crippen LogP contribution in [0.1, 0.15) is 11.3 Å². The van der Waals surface area contributed by atoms with Gasteiger partial charge in [-0.2, -0.15) is 13.2 Å². The van der Waals surface area contributed by atoms with E-state index in [1.54, 1.807) is 12.1 Å². The first-order valence-electron chi connectivity index (χ1n) is 5.92. The highest BCUT2D eigenvalue weighted by molar-refractivity contribution is 6.30. The second-order valence-corrected chi connectivity index (χ2v) is 4.66. The summed E-state index contributed by atoms with van der Waals surface area (Å²) in [5.74, 6) is 0. The predicted octanol–water partition coefficient (Wildman–Crippen LogP) is 4.24. The first kappa shape index (κ1) is 15.3. The van der Waals surface area contributed by atoms with Gasteiger partial charge in [0.15, 0.2) is 0 Å². The van der Waals surface area contributed by atoms with Gasteiger partial charge < -0.3 is 10.1 Å². The number of nitrogens with one attached hydrogen (secondary N) is 1. The van der Waals surface area contributed by atoms with Gasteiger partial charge in [-0.1, -0.05) is 11.6 Å². The molecule has 1 heterocycles. The minimum Gasteiger partial charge on any atom is -0.354 e. The summed E-state index contributed by atoms with van der Waals surface area (Å²) in [6.07, 6.45) is -2.28. The Labute approximate surface area is 123 Å². The molecular formula is C14H10ClF3N2O. The number of hydrogen-bond donors (Lipinski definition) is 1. The molecule has 0 spiro atoms. The Morgan fingerprint density at radius 1 is 1.24 bits per heavy atom. The van der Waals surface area contributed by atoms with Crippen molar-refractivity contribution >= 4 is 29.3 Å². The van der Waals surface area contributed by atoms with Crippen LogP contribution in [0.4, 0.5) is 24.5 Å². The minimum absolute atomic E-state index is 0.00679. The van der Waals surface area contributed by atoms with Crippen LogP contribution >= 0.6 is 11.6 Å². The molecule has 21 heavy (non-hydrogen) atoms. The van der Waals surface area contributed by atoms with Gasteiger partial charge in [0.05, 0.1) is 23.1 Å². The molecule has 0 saturated heterocycles. The Hall–Kier alpha value is -2.08. The Bertz CT molecular complexity index is 642. The lowest BCUT2D eigenvalue weighted by Gasteiger charge is -2.15. The van der Waals surface area contributed by atoms with E-state index in [-0.39, 0.29) is 17.1 Å². The van der Waals surface area contributed by atoms with E-state index in [0.29, 0.717) is 17.7 Å². The standard InChI is InChI=1S/C14H10ClF3N2O/c15-9-1-4-13(12(7-9)14(16,17)18)20-11-3-2-10(5-6-21)19-8-11/h1-4,6-8,20H,5H2. The average molecular weight is 315 g/mol. The highest BCUT2D eigenvalue weighted by Gasteiger charge is 2.33. The summed E-state index contributed by atoms with van der Waals surface area (Å²) < 4.78 is 38.8. The van der Waals surface area contributed by atoms with E-state index in [0.717, 1.165) is 6.07 Å². The Kier molecular flexibility index (Phi) is 4.47. The predicted molar refractivity (Wildman–Crippen MR) is 73.7 cm³/mol. The number of carbonyl (C=O) groups is 1. The highest BCUT2D eigenvalue weighted by atomic mass is 35.5. The van der Waals surface area contributed by atoms with Gasteiger partial charge in [0, 0.05) is 17.1 Å². The van der Waals surface area contributed by atoms with Crippen molar-refractivity contribution in [3.05, 3.63) is 52.8 Å². The number of alkyl halides is 3. The summed E-state index contributed by atoms with van der Waals surface area (Å²) in [5, 5.41) is 2.65. The van der Waals surface area contributed by atoms with Crippen LogP contribution in [0.3, 0.4) is 0 Å². The number of halogens is 4. The summed E-state index contributed by atoms with van der Waals surface area (Å²) in [7, 11) is 0. The molecule has 0 saturated carbocycles. The van der Waals surface area contributed by atoms with Crippen LogP contribution in [0.15, 0.2) is 36.5 Å². The SMILES string of the molecule is O=CCc1ccc(Nc2ccc(Cl)cc2C(F)(F)F)cn1. The van der Waals surface area contributed by atoms with Gasteiger partial charge in [-0.15, -0.1) is 0 Å². The van der Waals surface area contributed by atoms with E-state index in [1.807, 2.05) is 0 Å². The Morgan fingerprint density at radius 2 is 2.00 bits per heavy atom. The van der Waals surface area contributed by atoms with Crippen molar-refractivity contribution in [1.82, 2.24) is 4.98 Å². The maximum Gasteiger partial charge on any atom is 0.418 e. The van der Waals surface area contributed by atoms with Crippen molar-refractivity contribution in [2.45, 2.75) is 12.6 Å². The molecule has 110 valence electrons. The zero-order chi connectivity index (χ0) is 15.5. The van der Waals surface area contributed by atoms with Crippen LogP contribution in [-0.4, -0.2) is 11.3 Å². The first-order chi connectivity index (χ1) is 9.90. The van der Waals surface area contributed by atoms with Gasteiger partial charge >= 0.3 is 6.18 Å². The molecule has 2 aromatic rings. The fourth-order valence-electron chi connectivity index (χ4n) is 1.72. The molecule has 1 aromatic heterocycles. The van der Waals surface area contributed by atoms with Gasteiger partial charge in [0.2, 0.25) is 0 Å². The maximum absolute atomic E-state index is 12.9. The number of carbonyl (C=O) groups excluding carboxylic acids is 1. The number of rotatable bonds is 4. The van der Waals surface area contributed by atoms with Crippen LogP contribution in [0.2, 0.25) is 5.02 Å². The number of anilines is 2. The lowest BCUT2D eigenvalue weighted by Crippen LogP contribution is -2.09. The Morgan fingerprint density at radius 3 is 2.57 bits per heavy atom. The summed E-state index contributed by atoms with van der Waals surface area (Å²) in [5.41, 5.74) is -0.0380. The number of hydrogen-bond acceptors (Lipinski definition) is 3. The van der Waals surface area contributed by atoms with E-state index in [4.69, 9.17) is 11.6 Å². The molecule has 0 bridgehead atoms. The molecule has 0 amide bonds. The van der Waals surface area contributed by atoms with E-state index in [9.17, 15) is 18.0 Å². The van der Waals surface area contributed by atoms with E-state index >= 15 is 0 Å². The zero-order valence-corrected chi connectivity index (χ0v) is 11.4. The molecule has 0 atom stereocenters. The summed E-state index contributed by atoms with van der Waals surface area (Å²) in [6, 6.07) is 6.61. The third-order valence-electron chi connectivity index (χ3n) is 2.68. The average Bonchev–Trinajstić information content (AvgIpc) is 2.42. The molecule has 0 fully saturated rings. The summed E-state index contributed by atoms with van der Waals surface area (Å²) in [6.45, 7) is 0. The quantitative estimate of drug-likeness (QED) is 0.858. The molecule has 0 unspecified atom stereocenters. The van der Waals surface area contributed by atoms with Crippen LogP contribution in [-0.2, 0) is 17.4 Å². The first-order valence-corrected chi connectivity index (χ1v) is 6.30. The number of benzene rings is 1. The van der Waals surface area contributed by atoms with Crippen LogP contribution in [0.25, 0.3) is 0 Å². The van der Waals surface area contributed by atoms with Gasteiger partial charge in [0.25, 0.3) is 0 Å². The third kappa shape index (κ3) is 3.95. The summed E-state index contributed by atoms with van der Waals surface area (Å²) >= 11 is 5.61. The topological polar surface area (TPSA) is 42.0 Å². The molecule has 0 aliphatic carbocycles. The van der Waals surface area contributed by atoms with Gasteiger partial charge in [0.1, 0.15) is 6.29 Å². The number of nitrogens with zero attached hydrogens (tertiary/aromatic N) is 1. The van der Waals surface area contributed by atoms with Crippen LogP contribution < -0.4 is 5.32 Å². The van der Waals surface area contributed by atoms with E-state index < -0.39 is 11.7 Å². The highest BCUT2D eigenvalue weighted by Crippen LogP contribution is 2.37. The van der Waals surface area contributed by atoms with Crippen LogP contribution in [0, 0.1) is 0 Å². The van der Waals surface area contributed by atoms with Crippen molar-refractivity contribution in [3.8, 4) is 0 Å². The molecule has 7 heteroatoms. The van der Waals surface area contributed by atoms with E-state index in [1.165, 1.54) is 18.3 Å². The number of aromatic nitrogens is 1. The molecule has 2 rings (SSSR count). The van der Waals surface area contributed by atoms with Crippen LogP contribution in [0.5, 0.6) is 0 Å². The second kappa shape index (κ2) is 6.13. The normalized spacial score (nSPS) is 11.2. The van der Waals surface area contributed by atoms with Gasteiger partial charge in [-0.3, -0.25) is 4.98 Å². The summed E-state index contributed by atoms with van der Waals surface area (Å²) in [4.78, 5) is 14.3. The number of aldehydes is 1. The van der Waals surface area contributed by atoms with Crippen molar-refractivity contribution in [2.24, 2.45) is 0 Å². The fraction of sp³-hybridized carbons (Fsp3) is 0.143. The smallest absolute Gasteiger partial charge is 0.354 e. The minimum atomic E-state index is -4.52. The van der Waals surface area contributed by atoms with Gasteiger partial charge in [-0.25, -0.2) is 0 Å². The zero-order valence-electron chi connectivity index (χ0n) is 10.6. The monoisotopic (exact) mass is 314 g/mol. The lowest BCUT2D eigenvalue weighted by molar-refractivity contribution is -0.136. The molecule has 3 nitrogen and oxygen atoms in total. The fourth-order valence-corrected chi connectivity index (χ4v) is 1.89. The molecule has 1 aromatic carbocycles. The molecule has 0 aliphatic heterocycles. The third-order valence-corrected chi connectivity index (χ3v) is 2.92. The molecule has 1 N–H and O–H groups in total. The molecular weight excluding hydrogens is 305 g/mol. The van der Waals surface area contributed by atoms with Crippen molar-refractivity contribution in [3.63, 3.8) is 0 Å².